The van der Waals surface area contributed by atoms with Crippen LogP contribution in [0.2, 0.25) is 0 Å². The third kappa shape index (κ3) is 3.49. The first-order valence-electron chi connectivity index (χ1n) is 13.0. The van der Waals surface area contributed by atoms with Crippen molar-refractivity contribution < 1.29 is 8.68 Å². The van der Waals surface area contributed by atoms with Crippen LogP contribution in [0.5, 0.6) is 0 Å². The fourth-order valence-corrected chi connectivity index (χ4v) is 5.84. The van der Waals surface area contributed by atoms with Gasteiger partial charge in [0.2, 0.25) is 5.69 Å². The zero-order chi connectivity index (χ0) is 23.2. The molecule has 2 aromatic carbocycles. The Balaban J connectivity index is 1.63. The number of aromatic nitrogens is 1. The van der Waals surface area contributed by atoms with E-state index in [0.29, 0.717) is 11.0 Å². The molecule has 3 aromatic rings. The normalized spacial score (nSPS) is 19.6. The van der Waals surface area contributed by atoms with Crippen LogP contribution in [-0.4, -0.2) is 0 Å². The second kappa shape index (κ2) is 7.69. The molecule has 0 bridgehead atoms. The summed E-state index contributed by atoms with van der Waals surface area (Å²) in [7, 11) is 1.94. The second-order valence-corrected chi connectivity index (χ2v) is 9.63. The Morgan fingerprint density at radius 3 is 2.50 bits per heavy atom. The minimum absolute atomic E-state index is 0.422. The van der Waals surface area contributed by atoms with Gasteiger partial charge in [-0.25, -0.2) is 4.57 Å². The predicted octanol–water partition coefficient (Wildman–Crippen LogP) is 6.90. The SMILES string of the molecule is [2H]C([2H])([2H])c1c[n+](C)c(-c2ccccc2C)cc1-c1ccc2c(c1)CC1(CCCCC1)CC2. The molecule has 0 aliphatic heterocycles. The lowest BCUT2D eigenvalue weighted by Gasteiger charge is -2.41. The Hall–Kier alpha value is -2.41. The number of benzene rings is 2. The lowest BCUT2D eigenvalue weighted by Crippen LogP contribution is -2.31. The maximum Gasteiger partial charge on any atom is 0.213 e. The van der Waals surface area contributed by atoms with Gasteiger partial charge in [-0.15, -0.1) is 0 Å². The summed E-state index contributed by atoms with van der Waals surface area (Å²) in [6.45, 7) is -0.0625. The van der Waals surface area contributed by atoms with Crippen LogP contribution in [0.1, 0.15) is 64.9 Å². The third-order valence-corrected chi connectivity index (χ3v) is 7.62. The minimum atomic E-state index is -2.17. The van der Waals surface area contributed by atoms with Crippen LogP contribution < -0.4 is 4.57 Å². The number of hydrogen-bond donors (Lipinski definition) is 0. The molecule has 1 aromatic heterocycles. The average molecular weight is 400 g/mol. The number of hydrogen-bond acceptors (Lipinski definition) is 0. The Morgan fingerprint density at radius 2 is 1.70 bits per heavy atom. The fraction of sp³-hybridized carbons (Fsp3) is 0.414. The quantitative estimate of drug-likeness (QED) is 0.413. The molecule has 1 nitrogen and oxygen atoms in total. The van der Waals surface area contributed by atoms with Gasteiger partial charge in [0.1, 0.15) is 7.05 Å². The fourth-order valence-electron chi connectivity index (χ4n) is 5.84. The van der Waals surface area contributed by atoms with E-state index in [4.69, 9.17) is 4.11 Å². The van der Waals surface area contributed by atoms with Crippen molar-refractivity contribution >= 4 is 0 Å². The molecule has 1 spiro atoms. The number of aryl methyl sites for hydroxylation is 4. The van der Waals surface area contributed by atoms with Crippen molar-refractivity contribution in [2.45, 2.75) is 65.1 Å². The summed E-state index contributed by atoms with van der Waals surface area (Å²) in [5.41, 5.74) is 8.99. The number of nitrogens with zero attached hydrogens (tertiary/aromatic N) is 1. The Bertz CT molecular complexity index is 1190. The number of rotatable bonds is 2. The van der Waals surface area contributed by atoms with Crippen LogP contribution in [-0.2, 0) is 19.9 Å². The summed E-state index contributed by atoms with van der Waals surface area (Å²) in [4.78, 5) is 0. The molecule has 0 amide bonds. The molecule has 1 heteroatoms. The van der Waals surface area contributed by atoms with E-state index >= 15 is 0 Å². The Kier molecular flexibility index (Phi) is 4.18. The first-order valence-corrected chi connectivity index (χ1v) is 11.5. The summed E-state index contributed by atoms with van der Waals surface area (Å²) in [5, 5.41) is 0. The topological polar surface area (TPSA) is 3.88 Å². The zero-order valence-corrected chi connectivity index (χ0v) is 18.3. The van der Waals surface area contributed by atoms with Crippen molar-refractivity contribution in [1.82, 2.24) is 0 Å². The maximum absolute atomic E-state index is 8.24. The highest BCUT2D eigenvalue weighted by Gasteiger charge is 2.35. The second-order valence-electron chi connectivity index (χ2n) is 9.63. The van der Waals surface area contributed by atoms with E-state index < -0.39 is 6.85 Å². The molecule has 0 N–H and O–H groups in total. The van der Waals surface area contributed by atoms with Gasteiger partial charge in [0.15, 0.2) is 6.20 Å². The monoisotopic (exact) mass is 399 g/mol. The van der Waals surface area contributed by atoms with E-state index in [1.54, 1.807) is 0 Å². The molecular weight excluding hydrogens is 362 g/mol. The predicted molar refractivity (Wildman–Crippen MR) is 126 cm³/mol. The van der Waals surface area contributed by atoms with E-state index in [-0.39, 0.29) is 0 Å². The molecular formula is C29H34N+. The third-order valence-electron chi connectivity index (χ3n) is 7.62. The van der Waals surface area contributed by atoms with Crippen LogP contribution in [0.4, 0.5) is 0 Å². The summed E-state index contributed by atoms with van der Waals surface area (Å²) in [6.07, 6.45) is 12.2. The largest absolute Gasteiger partial charge is 0.213 e. The zero-order valence-electron chi connectivity index (χ0n) is 21.3. The van der Waals surface area contributed by atoms with Gasteiger partial charge in [0.05, 0.1) is 0 Å². The highest BCUT2D eigenvalue weighted by atomic mass is 14.9. The van der Waals surface area contributed by atoms with Gasteiger partial charge in [-0.05, 0) is 85.2 Å². The molecule has 1 heterocycles. The molecule has 0 radical (unpaired) electrons. The number of fused-ring (bicyclic) bond motifs is 1. The van der Waals surface area contributed by atoms with Crippen LogP contribution in [0.15, 0.2) is 54.7 Å². The minimum Gasteiger partial charge on any atom is -0.201 e. The van der Waals surface area contributed by atoms with Crippen LogP contribution in [0.25, 0.3) is 22.4 Å². The highest BCUT2D eigenvalue weighted by molar-refractivity contribution is 5.73. The Labute approximate surface area is 186 Å². The van der Waals surface area contributed by atoms with Crippen LogP contribution in [0, 0.1) is 19.2 Å². The van der Waals surface area contributed by atoms with Gasteiger partial charge in [-0.2, -0.15) is 0 Å². The summed E-state index contributed by atoms with van der Waals surface area (Å²) in [6, 6.07) is 17.1. The van der Waals surface area contributed by atoms with Gasteiger partial charge in [0.25, 0.3) is 0 Å². The summed E-state index contributed by atoms with van der Waals surface area (Å²) in [5.74, 6) is 0. The van der Waals surface area contributed by atoms with Crippen LogP contribution in [0.3, 0.4) is 0 Å². The van der Waals surface area contributed by atoms with Gasteiger partial charge >= 0.3 is 0 Å². The summed E-state index contributed by atoms with van der Waals surface area (Å²) >= 11 is 0. The van der Waals surface area contributed by atoms with E-state index in [2.05, 4.69) is 43.3 Å². The average Bonchev–Trinajstić information content (AvgIpc) is 2.79. The first-order chi connectivity index (χ1) is 15.8. The Morgan fingerprint density at radius 1 is 0.867 bits per heavy atom. The van der Waals surface area contributed by atoms with E-state index in [0.717, 1.165) is 35.2 Å². The highest BCUT2D eigenvalue weighted by Crippen LogP contribution is 2.47. The standard InChI is InChI=1S/C29H34N/c1-21-9-5-6-10-26(21)28-18-27(22(2)20-30(28)3)24-12-11-23-13-16-29(19-25(23)17-24)14-7-4-8-15-29/h5-6,9-12,17-18,20H,4,7-8,13-16,19H2,1-3H3/q+1/i2D3. The number of pyridine rings is 1. The van der Waals surface area contributed by atoms with Crippen molar-refractivity contribution in [1.29, 1.82) is 0 Å². The summed E-state index contributed by atoms with van der Waals surface area (Å²) < 4.78 is 26.7. The smallest absolute Gasteiger partial charge is 0.201 e. The molecule has 0 saturated heterocycles. The van der Waals surface area contributed by atoms with Crippen molar-refractivity contribution in [3.63, 3.8) is 0 Å². The van der Waals surface area contributed by atoms with E-state index in [1.807, 2.05) is 29.9 Å². The molecule has 2 aliphatic rings. The van der Waals surface area contributed by atoms with E-state index in [9.17, 15) is 0 Å². The van der Waals surface area contributed by atoms with Crippen molar-refractivity contribution in [3.8, 4) is 22.4 Å². The van der Waals surface area contributed by atoms with Gasteiger partial charge in [-0.1, -0.05) is 55.7 Å². The molecule has 0 atom stereocenters. The van der Waals surface area contributed by atoms with E-state index in [1.165, 1.54) is 55.2 Å². The molecule has 154 valence electrons. The van der Waals surface area contributed by atoms with Gasteiger partial charge < -0.3 is 0 Å². The van der Waals surface area contributed by atoms with Crippen molar-refractivity contribution in [2.24, 2.45) is 12.5 Å². The molecule has 0 unspecified atom stereocenters. The van der Waals surface area contributed by atoms with Crippen LogP contribution >= 0.6 is 0 Å². The lowest BCUT2D eigenvalue weighted by atomic mass is 9.64. The molecule has 5 rings (SSSR count). The van der Waals surface area contributed by atoms with Crippen molar-refractivity contribution in [3.05, 3.63) is 77.0 Å². The van der Waals surface area contributed by atoms with Gasteiger partial charge in [0, 0.05) is 21.3 Å². The molecule has 1 saturated carbocycles. The lowest BCUT2D eigenvalue weighted by molar-refractivity contribution is -0.660. The first kappa shape index (κ1) is 16.3. The molecule has 30 heavy (non-hydrogen) atoms. The molecule has 2 aliphatic carbocycles. The van der Waals surface area contributed by atoms with Gasteiger partial charge in [-0.3, -0.25) is 0 Å². The maximum atomic E-state index is 8.24. The molecule has 1 fully saturated rings. The van der Waals surface area contributed by atoms with Crippen molar-refractivity contribution in [2.75, 3.05) is 0 Å².